The number of fused-ring (bicyclic) bond motifs is 2. The van der Waals surface area contributed by atoms with Crippen LogP contribution in [0.1, 0.15) is 134 Å². The third-order valence-corrected chi connectivity index (χ3v) is 13.4. The third-order valence-electron chi connectivity index (χ3n) is 13.4. The molecule has 21 heteroatoms. The second-order valence-electron chi connectivity index (χ2n) is 20.6. The van der Waals surface area contributed by atoms with Crippen molar-refractivity contribution in [3.05, 3.63) is 54.0 Å². The lowest BCUT2D eigenvalue weighted by Gasteiger charge is -2.28. The number of hydrogen-bond donors (Lipinski definition) is 4. The zero-order chi connectivity index (χ0) is 49.8. The van der Waals surface area contributed by atoms with Gasteiger partial charge in [-0.05, 0) is 112 Å². The molecule has 2 saturated carbocycles. The van der Waals surface area contributed by atoms with E-state index >= 15 is 0 Å². The van der Waals surface area contributed by atoms with Gasteiger partial charge in [-0.3, -0.25) is 0 Å². The summed E-state index contributed by atoms with van der Waals surface area (Å²) < 4.78 is 15.5. The molecule has 71 heavy (non-hydrogen) atoms. The molecule has 2 saturated heterocycles. The average molecular weight is 964 g/mol. The van der Waals surface area contributed by atoms with Crippen LogP contribution in [0.3, 0.4) is 0 Å². The minimum atomic E-state index is -0.317. The van der Waals surface area contributed by atoms with Gasteiger partial charge in [0.1, 0.15) is 47.1 Å². The monoisotopic (exact) mass is 964 g/mol. The van der Waals surface area contributed by atoms with Crippen molar-refractivity contribution in [1.82, 2.24) is 80.4 Å². The first-order valence-electron chi connectivity index (χ1n) is 25.1. The Morgan fingerprint density at radius 2 is 1.03 bits per heavy atom. The molecule has 4 fully saturated rings. The summed E-state index contributed by atoms with van der Waals surface area (Å²) in [6.07, 6.45) is 15.1. The Morgan fingerprint density at radius 3 is 1.49 bits per heavy atom. The maximum Gasteiger partial charge on any atom is 0.165 e. The highest BCUT2D eigenvalue weighted by molar-refractivity contribution is 6.01. The van der Waals surface area contributed by atoms with E-state index in [1.807, 2.05) is 41.8 Å². The molecule has 2 aliphatic carbocycles. The Bertz CT molecular complexity index is 3170. The maximum absolute atomic E-state index is 6.35. The second-order valence-corrected chi connectivity index (χ2v) is 20.6. The van der Waals surface area contributed by atoms with Crippen molar-refractivity contribution < 1.29 is 9.05 Å². The smallest absolute Gasteiger partial charge is 0.165 e. The van der Waals surface area contributed by atoms with Crippen LogP contribution in [0, 0.1) is 6.92 Å². The third kappa shape index (κ3) is 9.16. The molecule has 2 aliphatic heterocycles. The molecule has 372 valence electrons. The van der Waals surface area contributed by atoms with E-state index in [4.69, 9.17) is 50.6 Å². The van der Waals surface area contributed by atoms with E-state index in [0.717, 1.165) is 112 Å². The molecule has 12 rings (SSSR count). The molecule has 4 aliphatic rings. The maximum atomic E-state index is 6.35. The summed E-state index contributed by atoms with van der Waals surface area (Å²) in [7, 11) is 0. The van der Waals surface area contributed by atoms with Crippen LogP contribution in [0.25, 0.3) is 67.6 Å². The van der Waals surface area contributed by atoms with E-state index in [1.165, 1.54) is 18.2 Å². The fourth-order valence-electron chi connectivity index (χ4n) is 9.49. The number of nitrogens with zero attached hydrogens (tertiary/aromatic N) is 15. The van der Waals surface area contributed by atoms with Crippen molar-refractivity contribution in [2.24, 2.45) is 0 Å². The zero-order valence-electron chi connectivity index (χ0n) is 42.3. The van der Waals surface area contributed by atoms with Gasteiger partial charge in [0.15, 0.2) is 34.5 Å². The molecule has 10 heterocycles. The van der Waals surface area contributed by atoms with Crippen molar-refractivity contribution >= 4 is 39.4 Å². The number of hydrogen-bond acceptors (Lipinski definition) is 19. The number of nitrogens with one attached hydrogen (secondary N) is 2. The predicted molar refractivity (Wildman–Crippen MR) is 272 cm³/mol. The van der Waals surface area contributed by atoms with Crippen LogP contribution in [0.15, 0.2) is 40.3 Å². The number of nitrogens with two attached hydrogens (primary N) is 2. The molecule has 6 N–H and O–H groups in total. The first kappa shape index (κ1) is 47.7. The largest absolute Gasteiger partial charge is 0.383 e. The molecule has 0 atom stereocenters. The van der Waals surface area contributed by atoms with Crippen LogP contribution in [-0.2, 0) is 11.1 Å². The van der Waals surface area contributed by atoms with Gasteiger partial charge in [0, 0.05) is 49.9 Å². The quantitative estimate of drug-likeness (QED) is 0.115. The summed E-state index contributed by atoms with van der Waals surface area (Å²) in [5, 5.41) is 26.9. The van der Waals surface area contributed by atoms with E-state index in [-0.39, 0.29) is 11.1 Å². The van der Waals surface area contributed by atoms with Crippen molar-refractivity contribution in [3.8, 4) is 45.6 Å². The summed E-state index contributed by atoms with van der Waals surface area (Å²) in [6, 6.07) is 0. The van der Waals surface area contributed by atoms with Gasteiger partial charge in [0.25, 0.3) is 0 Å². The molecule has 8 aromatic heterocycles. The Hall–Kier alpha value is -7.00. The number of rotatable bonds is 8. The van der Waals surface area contributed by atoms with Gasteiger partial charge in [-0.15, -0.1) is 0 Å². The first-order valence-corrected chi connectivity index (χ1v) is 25.1. The summed E-state index contributed by atoms with van der Waals surface area (Å²) in [5.74, 6) is 4.66. The lowest BCUT2D eigenvalue weighted by molar-refractivity contribution is 0.365. The van der Waals surface area contributed by atoms with Crippen LogP contribution in [0.5, 0.6) is 0 Å². The summed E-state index contributed by atoms with van der Waals surface area (Å²) in [4.78, 5) is 39.0. The Morgan fingerprint density at radius 1 is 0.563 bits per heavy atom. The lowest BCUT2D eigenvalue weighted by Crippen LogP contribution is -2.43. The number of anilines is 3. The fraction of sp³-hybridized carbons (Fsp3) is 0.520. The lowest BCUT2D eigenvalue weighted by atomic mass is 9.90. The van der Waals surface area contributed by atoms with Gasteiger partial charge in [0.2, 0.25) is 0 Å². The highest BCUT2D eigenvalue weighted by Gasteiger charge is 2.38. The van der Waals surface area contributed by atoms with Crippen molar-refractivity contribution in [2.45, 2.75) is 130 Å². The minimum Gasteiger partial charge on any atom is -0.383 e. The average Bonchev–Trinajstić information content (AvgIpc) is 4.21. The molecule has 0 radical (unpaired) electrons. The van der Waals surface area contributed by atoms with Crippen LogP contribution in [-0.4, -0.2) is 109 Å². The van der Waals surface area contributed by atoms with Crippen LogP contribution in [0.2, 0.25) is 0 Å². The van der Waals surface area contributed by atoms with E-state index in [1.54, 1.807) is 0 Å². The fourth-order valence-corrected chi connectivity index (χ4v) is 9.49. The molecule has 0 bridgehead atoms. The van der Waals surface area contributed by atoms with E-state index in [0.29, 0.717) is 85.9 Å². The van der Waals surface area contributed by atoms with Crippen molar-refractivity contribution in [1.29, 1.82) is 0 Å². The SMILES string of the molecule is CC.CC(C)(C)n1nc(-c2noc(C3CC3)c2-c2ncc(N3CCNCC3)cn2)c2c(N)ncnc21.Cc1nc(-c2c(-c3nn(C(C)(C)C)c4ncnc(N)c34)noc2C2CC2)ncc1C1CCNCC1. The van der Waals surface area contributed by atoms with Crippen LogP contribution >= 0.6 is 0 Å². The van der Waals surface area contributed by atoms with Crippen molar-refractivity contribution in [2.75, 3.05) is 55.6 Å². The minimum absolute atomic E-state index is 0.315. The van der Waals surface area contributed by atoms with Gasteiger partial charge in [-0.2, -0.15) is 10.2 Å². The van der Waals surface area contributed by atoms with Crippen molar-refractivity contribution in [3.63, 3.8) is 0 Å². The highest BCUT2D eigenvalue weighted by Crippen LogP contribution is 2.50. The van der Waals surface area contributed by atoms with Gasteiger partial charge >= 0.3 is 0 Å². The van der Waals surface area contributed by atoms with E-state index in [2.05, 4.69) is 94.2 Å². The topological polar surface area (TPSA) is 270 Å². The van der Waals surface area contributed by atoms with E-state index < -0.39 is 0 Å². The van der Waals surface area contributed by atoms with Gasteiger partial charge < -0.3 is 36.0 Å². The van der Waals surface area contributed by atoms with Gasteiger partial charge in [-0.1, -0.05) is 24.2 Å². The molecule has 0 amide bonds. The summed E-state index contributed by atoms with van der Waals surface area (Å²) in [6.45, 7) is 24.3. The normalized spacial score (nSPS) is 16.8. The molecule has 21 nitrogen and oxygen atoms in total. The summed E-state index contributed by atoms with van der Waals surface area (Å²) in [5.41, 5.74) is 20.5. The molecule has 0 spiro atoms. The molecular weight excluding hydrogens is 899 g/mol. The van der Waals surface area contributed by atoms with Gasteiger partial charge in [0.05, 0.1) is 51.1 Å². The second kappa shape index (κ2) is 19.0. The number of aryl methyl sites for hydroxylation is 1. The predicted octanol–water partition coefficient (Wildman–Crippen LogP) is 7.52. The van der Waals surface area contributed by atoms with Crippen LogP contribution in [0.4, 0.5) is 17.3 Å². The summed E-state index contributed by atoms with van der Waals surface area (Å²) >= 11 is 0. The molecule has 0 aromatic carbocycles. The Balaban J connectivity index is 0.000000159. The molecule has 0 unspecified atom stereocenters. The van der Waals surface area contributed by atoms with Crippen LogP contribution < -0.4 is 27.0 Å². The number of piperidine rings is 1. The zero-order valence-corrected chi connectivity index (χ0v) is 42.3. The standard InChI is InChI=1S/C25H31N9O.C23H28N10O.C2H6/c1-13-16(14-7-9-27-10-8-14)11-28-23(31-13)17-20(33-35-21(17)15-5-6-15)19-18-22(26)29-12-30-24(18)34(32-19)25(2,3)4;1-23(2,3)33-22-16(20(24)28-12-29-22)17(30-33)18-15(19(34-31-18)13-4-5-13)21-26-10-14(11-27-21)32-8-6-25-7-9-32;1-2/h11-12,14-15,27H,5-10H2,1-4H3,(H2,26,29,30);10-13,25H,4-9H2,1-3H3,(H2,24,28,29);1-2H3. The highest BCUT2D eigenvalue weighted by atomic mass is 16.5. The van der Waals surface area contributed by atoms with E-state index in [9.17, 15) is 0 Å². The number of aromatic nitrogens is 14. The Kier molecular flexibility index (Phi) is 12.7. The number of piperazine rings is 1. The first-order chi connectivity index (χ1) is 34.2. The number of nitrogen functional groups attached to an aromatic ring is 2. The molecular formula is C50H65N19O2. The molecule has 8 aromatic rings. The Labute approximate surface area is 412 Å². The van der Waals surface area contributed by atoms with Gasteiger partial charge in [-0.25, -0.2) is 49.2 Å².